The van der Waals surface area contributed by atoms with E-state index in [2.05, 4.69) is 10.3 Å². The van der Waals surface area contributed by atoms with Crippen LogP contribution in [-0.2, 0) is 10.0 Å². The van der Waals surface area contributed by atoms with Crippen LogP contribution in [0.3, 0.4) is 0 Å². The Kier molecular flexibility index (Phi) is 3.88. The van der Waals surface area contributed by atoms with Gasteiger partial charge in [-0.15, -0.1) is 0 Å². The van der Waals surface area contributed by atoms with Gasteiger partial charge in [0.05, 0.1) is 29.7 Å². The van der Waals surface area contributed by atoms with Crippen molar-refractivity contribution in [2.75, 3.05) is 17.6 Å². The van der Waals surface area contributed by atoms with Crippen LogP contribution in [0.4, 0.5) is 5.69 Å². The lowest BCUT2D eigenvalue weighted by atomic mass is 9.90. The second-order valence-corrected chi connectivity index (χ2v) is 9.45. The molecule has 0 saturated heterocycles. The van der Waals surface area contributed by atoms with E-state index in [9.17, 15) is 8.42 Å². The monoisotopic (exact) mass is 363 g/mol. The normalized spacial score (nSPS) is 25.8. The van der Waals surface area contributed by atoms with E-state index in [-0.39, 0.29) is 0 Å². The van der Waals surface area contributed by atoms with Gasteiger partial charge >= 0.3 is 0 Å². The molecular formula is C17H21N3O2S2. The smallest absolute Gasteiger partial charge is 0.231 e. The first-order valence-corrected chi connectivity index (χ1v) is 11.0. The second-order valence-electron chi connectivity index (χ2n) is 6.60. The first-order chi connectivity index (χ1) is 11.4. The zero-order chi connectivity index (χ0) is 16.9. The first kappa shape index (κ1) is 16.0. The van der Waals surface area contributed by atoms with E-state index in [4.69, 9.17) is 4.99 Å². The predicted molar refractivity (Wildman–Crippen MR) is 101 cm³/mol. The standard InChI is InChI=1S/C17H21N3O2S2/c1-19(24(2,21)22)13-9-7-12(8-10-13)16-11-23-17-18-14-5-3-4-6-15(14)20(16)17/h7-11,14-15H,3-6H2,1-2H3/t14-,15-/m0/s1. The summed E-state index contributed by atoms with van der Waals surface area (Å²) in [5, 5.41) is 3.29. The summed E-state index contributed by atoms with van der Waals surface area (Å²) in [5.74, 6) is 0. The molecule has 3 aliphatic rings. The Labute approximate surface area is 147 Å². The Morgan fingerprint density at radius 3 is 2.62 bits per heavy atom. The maximum Gasteiger partial charge on any atom is 0.231 e. The second kappa shape index (κ2) is 5.81. The minimum absolute atomic E-state index is 0.445. The lowest BCUT2D eigenvalue weighted by molar-refractivity contribution is 0.305. The van der Waals surface area contributed by atoms with Crippen LogP contribution < -0.4 is 4.31 Å². The minimum atomic E-state index is -3.23. The molecule has 1 aromatic rings. The molecule has 4 rings (SSSR count). The minimum Gasteiger partial charge on any atom is -0.315 e. The SMILES string of the molecule is CN(c1ccc(C2=CSC3=N[C@H]4CCCC[C@@H]4N23)cc1)S(C)(=O)=O. The van der Waals surface area contributed by atoms with Gasteiger partial charge in [-0.2, -0.15) is 0 Å². The van der Waals surface area contributed by atoms with Gasteiger partial charge in [0.2, 0.25) is 10.0 Å². The Balaban J connectivity index is 1.60. The van der Waals surface area contributed by atoms with Crippen LogP contribution in [0.1, 0.15) is 31.2 Å². The molecule has 0 aromatic heterocycles. The fourth-order valence-corrected chi connectivity index (χ4v) is 5.18. The molecule has 2 aliphatic heterocycles. The van der Waals surface area contributed by atoms with Crippen LogP contribution in [0.15, 0.2) is 34.7 Å². The number of rotatable bonds is 3. The van der Waals surface area contributed by atoms with E-state index in [1.54, 1.807) is 18.8 Å². The summed E-state index contributed by atoms with van der Waals surface area (Å²) in [4.78, 5) is 7.28. The number of fused-ring (bicyclic) bond motifs is 3. The van der Waals surface area contributed by atoms with Gasteiger partial charge in [-0.1, -0.05) is 36.7 Å². The largest absolute Gasteiger partial charge is 0.315 e. The Bertz CT molecular complexity index is 815. The fraction of sp³-hybridized carbons (Fsp3) is 0.471. The third kappa shape index (κ3) is 2.63. The topological polar surface area (TPSA) is 53.0 Å². The average Bonchev–Trinajstić information content (AvgIpc) is 3.12. The highest BCUT2D eigenvalue weighted by atomic mass is 32.2. The molecule has 0 radical (unpaired) electrons. The molecule has 1 aliphatic carbocycles. The Morgan fingerprint density at radius 1 is 1.21 bits per heavy atom. The molecule has 2 heterocycles. The molecule has 1 saturated carbocycles. The fourth-order valence-electron chi connectivity index (χ4n) is 3.66. The van der Waals surface area contributed by atoms with Gasteiger partial charge < -0.3 is 4.90 Å². The zero-order valence-electron chi connectivity index (χ0n) is 13.8. The summed E-state index contributed by atoms with van der Waals surface area (Å²) in [6.07, 6.45) is 6.16. The van der Waals surface area contributed by atoms with Crippen LogP contribution in [0.5, 0.6) is 0 Å². The van der Waals surface area contributed by atoms with E-state index in [1.807, 2.05) is 24.3 Å². The van der Waals surface area contributed by atoms with Gasteiger partial charge in [-0.3, -0.25) is 9.30 Å². The van der Waals surface area contributed by atoms with Crippen LogP contribution in [-0.4, -0.2) is 43.9 Å². The molecular weight excluding hydrogens is 342 g/mol. The average molecular weight is 364 g/mol. The molecule has 0 amide bonds. The molecule has 0 N–H and O–H groups in total. The number of sulfonamides is 1. The number of anilines is 1. The molecule has 0 unspecified atom stereocenters. The summed E-state index contributed by atoms with van der Waals surface area (Å²) in [5.41, 5.74) is 2.99. The van der Waals surface area contributed by atoms with Gasteiger partial charge in [0.1, 0.15) is 0 Å². The lowest BCUT2D eigenvalue weighted by Crippen LogP contribution is -2.38. The van der Waals surface area contributed by atoms with Crippen molar-refractivity contribution >= 4 is 38.3 Å². The zero-order valence-corrected chi connectivity index (χ0v) is 15.5. The molecule has 128 valence electrons. The van der Waals surface area contributed by atoms with Crippen LogP contribution >= 0.6 is 11.8 Å². The van der Waals surface area contributed by atoms with E-state index < -0.39 is 10.0 Å². The number of benzene rings is 1. The van der Waals surface area contributed by atoms with Crippen molar-refractivity contribution in [1.29, 1.82) is 0 Å². The molecule has 2 atom stereocenters. The summed E-state index contributed by atoms with van der Waals surface area (Å²) in [6.45, 7) is 0. The van der Waals surface area contributed by atoms with Crippen LogP contribution in [0.25, 0.3) is 5.70 Å². The number of nitrogens with zero attached hydrogens (tertiary/aromatic N) is 3. The van der Waals surface area contributed by atoms with Gasteiger partial charge in [0.15, 0.2) is 5.17 Å². The highest BCUT2D eigenvalue weighted by molar-refractivity contribution is 8.16. The summed E-state index contributed by atoms with van der Waals surface area (Å²) >= 11 is 1.70. The van der Waals surface area contributed by atoms with E-state index in [0.717, 1.165) is 10.7 Å². The number of thioether (sulfide) groups is 1. The quantitative estimate of drug-likeness (QED) is 0.828. The molecule has 7 heteroatoms. The van der Waals surface area contributed by atoms with E-state index in [1.165, 1.54) is 41.9 Å². The van der Waals surface area contributed by atoms with Crippen molar-refractivity contribution in [2.45, 2.75) is 37.8 Å². The van der Waals surface area contributed by atoms with E-state index >= 15 is 0 Å². The maximum atomic E-state index is 11.7. The van der Waals surface area contributed by atoms with Gasteiger partial charge in [0.25, 0.3) is 0 Å². The molecule has 5 nitrogen and oxygen atoms in total. The third-order valence-electron chi connectivity index (χ3n) is 5.07. The maximum absolute atomic E-state index is 11.7. The highest BCUT2D eigenvalue weighted by Crippen LogP contribution is 2.44. The number of amidine groups is 1. The number of aliphatic imine (C=N–C) groups is 1. The van der Waals surface area contributed by atoms with Crippen molar-refractivity contribution in [1.82, 2.24) is 4.90 Å². The summed E-state index contributed by atoms with van der Waals surface area (Å²) in [7, 11) is -1.66. The van der Waals surface area contributed by atoms with Gasteiger partial charge in [-0.05, 0) is 30.5 Å². The highest BCUT2D eigenvalue weighted by Gasteiger charge is 2.42. The van der Waals surface area contributed by atoms with Gasteiger partial charge in [0, 0.05) is 12.5 Å². The van der Waals surface area contributed by atoms with Crippen LogP contribution in [0, 0.1) is 0 Å². The van der Waals surface area contributed by atoms with Crippen molar-refractivity contribution in [3.8, 4) is 0 Å². The number of hydrogen-bond donors (Lipinski definition) is 0. The Morgan fingerprint density at radius 2 is 1.92 bits per heavy atom. The van der Waals surface area contributed by atoms with Crippen molar-refractivity contribution in [3.05, 3.63) is 35.2 Å². The molecule has 1 fully saturated rings. The molecule has 0 bridgehead atoms. The Hall–Kier alpha value is -1.47. The van der Waals surface area contributed by atoms with Crippen molar-refractivity contribution in [3.63, 3.8) is 0 Å². The van der Waals surface area contributed by atoms with Crippen molar-refractivity contribution < 1.29 is 8.42 Å². The summed E-state index contributed by atoms with van der Waals surface area (Å²) < 4.78 is 24.6. The van der Waals surface area contributed by atoms with Crippen LogP contribution in [0.2, 0.25) is 0 Å². The number of hydrogen-bond acceptors (Lipinski definition) is 5. The third-order valence-corrected chi connectivity index (χ3v) is 7.13. The molecule has 0 spiro atoms. The van der Waals surface area contributed by atoms with Crippen molar-refractivity contribution in [2.24, 2.45) is 4.99 Å². The molecule has 1 aromatic carbocycles. The first-order valence-electron chi connectivity index (χ1n) is 8.23. The predicted octanol–water partition coefficient (Wildman–Crippen LogP) is 3.11. The van der Waals surface area contributed by atoms with Gasteiger partial charge in [-0.25, -0.2) is 8.42 Å². The summed E-state index contributed by atoms with van der Waals surface area (Å²) in [6, 6.07) is 8.68. The lowest BCUT2D eigenvalue weighted by Gasteiger charge is -2.32. The molecule has 24 heavy (non-hydrogen) atoms. The van der Waals surface area contributed by atoms with E-state index in [0.29, 0.717) is 17.8 Å².